The van der Waals surface area contributed by atoms with Crippen LogP contribution in [0, 0.1) is 6.92 Å². The smallest absolute Gasteiger partial charge is 0.145 e. The van der Waals surface area contributed by atoms with Crippen molar-refractivity contribution in [3.63, 3.8) is 0 Å². The van der Waals surface area contributed by atoms with Crippen LogP contribution < -0.4 is 0 Å². The molecule has 0 spiro atoms. The third-order valence-electron chi connectivity index (χ3n) is 2.34. The average Bonchev–Trinajstić information content (AvgIpc) is 2.18. The number of hydrogen-bond donors (Lipinski definition) is 0. The summed E-state index contributed by atoms with van der Waals surface area (Å²) >= 11 is 3.21. The van der Waals surface area contributed by atoms with Crippen molar-refractivity contribution in [3.8, 4) is 0 Å². The maximum Gasteiger partial charge on any atom is 0.145 e. The zero-order valence-electron chi connectivity index (χ0n) is 7.98. The van der Waals surface area contributed by atoms with Gasteiger partial charge in [-0.25, -0.2) is 4.39 Å². The molecule has 0 aliphatic rings. The lowest BCUT2D eigenvalue weighted by Crippen LogP contribution is -2.20. The van der Waals surface area contributed by atoms with Gasteiger partial charge in [0.1, 0.15) is 5.67 Å². The van der Waals surface area contributed by atoms with Gasteiger partial charge in [-0.15, -0.1) is 0 Å². The lowest BCUT2D eigenvalue weighted by atomic mass is 9.94. The van der Waals surface area contributed by atoms with Gasteiger partial charge in [0.15, 0.2) is 0 Å². The van der Waals surface area contributed by atoms with E-state index >= 15 is 0 Å². The van der Waals surface area contributed by atoms with Crippen LogP contribution in [-0.2, 0) is 5.67 Å². The zero-order valence-corrected chi connectivity index (χ0v) is 9.57. The molecule has 0 bridgehead atoms. The van der Waals surface area contributed by atoms with E-state index in [1.54, 1.807) is 0 Å². The Bertz CT molecular complexity index is 262. The molecule has 1 aromatic carbocycles. The summed E-state index contributed by atoms with van der Waals surface area (Å²) in [6, 6.07) is 7.62. The summed E-state index contributed by atoms with van der Waals surface area (Å²) in [5.74, 6) is 0. The number of halogens is 2. The molecular weight excluding hydrogens is 231 g/mol. The molecule has 0 amide bonds. The Balaban J connectivity index is 2.99. The third-order valence-corrected chi connectivity index (χ3v) is 3.23. The summed E-state index contributed by atoms with van der Waals surface area (Å²) in [6.45, 7) is 3.87. The highest BCUT2D eigenvalue weighted by Crippen LogP contribution is 2.31. The SMILES string of the molecule is CC[C@](F)(CBr)c1ccc(C)cc1. The maximum atomic E-state index is 14.1. The number of benzene rings is 1. The lowest BCUT2D eigenvalue weighted by Gasteiger charge is -2.21. The average molecular weight is 245 g/mol. The van der Waals surface area contributed by atoms with Crippen LogP contribution in [0.1, 0.15) is 24.5 Å². The molecule has 1 aromatic rings. The number of aryl methyl sites for hydroxylation is 1. The first-order valence-electron chi connectivity index (χ1n) is 4.44. The normalized spacial score (nSPS) is 15.4. The van der Waals surface area contributed by atoms with Gasteiger partial charge in [0.2, 0.25) is 0 Å². The summed E-state index contributed by atoms with van der Waals surface area (Å²) in [6.07, 6.45) is 0.501. The molecule has 1 atom stereocenters. The van der Waals surface area contributed by atoms with E-state index in [9.17, 15) is 4.39 Å². The minimum absolute atomic E-state index is 0.361. The molecule has 1 rings (SSSR count). The van der Waals surface area contributed by atoms with Gasteiger partial charge in [0, 0.05) is 5.33 Å². The van der Waals surface area contributed by atoms with E-state index in [1.165, 1.54) is 0 Å². The Hall–Kier alpha value is -0.370. The molecule has 13 heavy (non-hydrogen) atoms. The van der Waals surface area contributed by atoms with Crippen LogP contribution in [0.25, 0.3) is 0 Å². The van der Waals surface area contributed by atoms with Crippen LogP contribution in [0.15, 0.2) is 24.3 Å². The number of hydrogen-bond acceptors (Lipinski definition) is 0. The van der Waals surface area contributed by atoms with E-state index in [0.29, 0.717) is 11.8 Å². The molecule has 0 saturated heterocycles. The molecule has 0 heterocycles. The first-order valence-corrected chi connectivity index (χ1v) is 5.56. The standard InChI is InChI=1S/C11H14BrF/c1-3-11(13,8-12)10-6-4-9(2)5-7-10/h4-7H,3,8H2,1-2H3/t11-/m0/s1. The predicted molar refractivity (Wildman–Crippen MR) is 58.1 cm³/mol. The predicted octanol–water partition coefficient (Wildman–Crippen LogP) is 3.96. The van der Waals surface area contributed by atoms with E-state index in [4.69, 9.17) is 0 Å². The van der Waals surface area contributed by atoms with Crippen LogP contribution in [-0.4, -0.2) is 5.33 Å². The topological polar surface area (TPSA) is 0 Å². The molecule has 0 fully saturated rings. The van der Waals surface area contributed by atoms with E-state index in [0.717, 1.165) is 11.1 Å². The summed E-state index contributed by atoms with van der Waals surface area (Å²) in [5.41, 5.74) is 0.711. The molecule has 0 aromatic heterocycles. The minimum Gasteiger partial charge on any atom is -0.238 e. The second-order valence-electron chi connectivity index (χ2n) is 3.32. The van der Waals surface area contributed by atoms with Crippen LogP contribution in [0.2, 0.25) is 0 Å². The summed E-state index contributed by atoms with van der Waals surface area (Å²) in [7, 11) is 0. The molecule has 0 N–H and O–H groups in total. The third kappa shape index (κ3) is 2.31. The first kappa shape index (κ1) is 10.7. The molecule has 0 radical (unpaired) electrons. The van der Waals surface area contributed by atoms with Gasteiger partial charge < -0.3 is 0 Å². The fourth-order valence-electron chi connectivity index (χ4n) is 1.23. The second-order valence-corrected chi connectivity index (χ2v) is 3.88. The van der Waals surface area contributed by atoms with E-state index < -0.39 is 5.67 Å². The molecule has 0 aliphatic carbocycles. The largest absolute Gasteiger partial charge is 0.238 e. The minimum atomic E-state index is -1.21. The molecule has 0 aliphatic heterocycles. The van der Waals surface area contributed by atoms with E-state index in [1.807, 2.05) is 38.1 Å². The fourth-order valence-corrected chi connectivity index (χ4v) is 1.95. The van der Waals surface area contributed by atoms with Crippen LogP contribution in [0.5, 0.6) is 0 Å². The highest BCUT2D eigenvalue weighted by molar-refractivity contribution is 9.09. The molecule has 0 nitrogen and oxygen atoms in total. The molecule has 0 unspecified atom stereocenters. The fraction of sp³-hybridized carbons (Fsp3) is 0.455. The summed E-state index contributed by atoms with van der Waals surface area (Å²) in [4.78, 5) is 0. The van der Waals surface area contributed by atoms with Gasteiger partial charge in [0.25, 0.3) is 0 Å². The van der Waals surface area contributed by atoms with Crippen molar-refractivity contribution in [2.45, 2.75) is 25.9 Å². The van der Waals surface area contributed by atoms with Gasteiger partial charge in [-0.3, -0.25) is 0 Å². The van der Waals surface area contributed by atoms with Gasteiger partial charge in [-0.2, -0.15) is 0 Å². The highest BCUT2D eigenvalue weighted by atomic mass is 79.9. The lowest BCUT2D eigenvalue weighted by molar-refractivity contribution is 0.194. The number of alkyl halides is 2. The van der Waals surface area contributed by atoms with Crippen molar-refractivity contribution in [2.24, 2.45) is 0 Å². The van der Waals surface area contributed by atoms with Crippen molar-refractivity contribution >= 4 is 15.9 Å². The Morgan fingerprint density at radius 3 is 2.23 bits per heavy atom. The first-order chi connectivity index (χ1) is 6.12. The zero-order chi connectivity index (χ0) is 9.90. The maximum absolute atomic E-state index is 14.1. The highest BCUT2D eigenvalue weighted by Gasteiger charge is 2.27. The van der Waals surface area contributed by atoms with Gasteiger partial charge in [-0.1, -0.05) is 52.7 Å². The Kier molecular flexibility index (Phi) is 3.48. The van der Waals surface area contributed by atoms with Crippen molar-refractivity contribution in [1.82, 2.24) is 0 Å². The summed E-state index contributed by atoms with van der Waals surface area (Å²) < 4.78 is 14.1. The molecule has 0 saturated carbocycles. The Labute approximate surface area is 87.3 Å². The second kappa shape index (κ2) is 4.23. The number of rotatable bonds is 3. The Morgan fingerprint density at radius 1 is 1.31 bits per heavy atom. The van der Waals surface area contributed by atoms with Crippen molar-refractivity contribution < 1.29 is 4.39 Å². The van der Waals surface area contributed by atoms with Crippen LogP contribution in [0.3, 0.4) is 0 Å². The molecule has 72 valence electrons. The molecular formula is C11H14BrF. The van der Waals surface area contributed by atoms with Gasteiger partial charge in [0.05, 0.1) is 0 Å². The van der Waals surface area contributed by atoms with Crippen molar-refractivity contribution in [2.75, 3.05) is 5.33 Å². The molecule has 2 heteroatoms. The van der Waals surface area contributed by atoms with E-state index in [-0.39, 0.29) is 0 Å². The van der Waals surface area contributed by atoms with Gasteiger partial charge >= 0.3 is 0 Å². The summed E-state index contributed by atoms with van der Waals surface area (Å²) in [5, 5.41) is 0.361. The quantitative estimate of drug-likeness (QED) is 0.707. The van der Waals surface area contributed by atoms with Crippen molar-refractivity contribution in [3.05, 3.63) is 35.4 Å². The Morgan fingerprint density at radius 2 is 1.85 bits per heavy atom. The van der Waals surface area contributed by atoms with Gasteiger partial charge in [-0.05, 0) is 18.9 Å². The van der Waals surface area contributed by atoms with Crippen molar-refractivity contribution in [1.29, 1.82) is 0 Å². The van der Waals surface area contributed by atoms with E-state index in [2.05, 4.69) is 15.9 Å². The van der Waals surface area contributed by atoms with Crippen LogP contribution in [0.4, 0.5) is 4.39 Å². The van der Waals surface area contributed by atoms with Crippen LogP contribution >= 0.6 is 15.9 Å². The monoisotopic (exact) mass is 244 g/mol.